The molecule has 0 aliphatic carbocycles. The normalized spacial score (nSPS) is 15.6. The average Bonchev–Trinajstić information content (AvgIpc) is 3.17. The standard InChI is InChI=1S/C22H26N4O2.ClH/c1-28-15-22(10-12-23-13-11-22)21(27)24-14-16-6-8-17(9-7-16)20-25-18-4-2-3-5-19(18)26-20;/h2-9,23H,10-15H2,1H3,(H,24,27)(H,25,26);1H. The highest BCUT2D eigenvalue weighted by Gasteiger charge is 2.39. The summed E-state index contributed by atoms with van der Waals surface area (Å²) in [6.45, 7) is 2.68. The predicted octanol–water partition coefficient (Wildman–Crippen LogP) is 3.28. The Morgan fingerprint density at radius 3 is 2.55 bits per heavy atom. The van der Waals surface area contributed by atoms with Crippen LogP contribution in [0.1, 0.15) is 18.4 Å². The summed E-state index contributed by atoms with van der Waals surface area (Å²) < 4.78 is 5.35. The Hall–Kier alpha value is -2.41. The number of amides is 1. The second-order valence-corrected chi connectivity index (χ2v) is 7.45. The number of fused-ring (bicyclic) bond motifs is 1. The van der Waals surface area contributed by atoms with Crippen LogP contribution in [0.4, 0.5) is 0 Å². The summed E-state index contributed by atoms with van der Waals surface area (Å²) in [6.07, 6.45) is 1.61. The van der Waals surface area contributed by atoms with Crippen LogP contribution in [-0.4, -0.2) is 42.7 Å². The van der Waals surface area contributed by atoms with Gasteiger partial charge < -0.3 is 20.4 Å². The van der Waals surface area contributed by atoms with Crippen molar-refractivity contribution in [2.24, 2.45) is 5.41 Å². The van der Waals surface area contributed by atoms with Gasteiger partial charge in [0, 0.05) is 19.2 Å². The number of hydrogen-bond donors (Lipinski definition) is 3. The molecule has 6 nitrogen and oxygen atoms in total. The summed E-state index contributed by atoms with van der Waals surface area (Å²) in [6, 6.07) is 16.1. The molecule has 1 saturated heterocycles. The van der Waals surface area contributed by atoms with Crippen molar-refractivity contribution in [1.82, 2.24) is 20.6 Å². The Kier molecular flexibility index (Phi) is 6.90. The Labute approximate surface area is 176 Å². The minimum absolute atomic E-state index is 0. The Bertz CT molecular complexity index is 910. The number of aromatic amines is 1. The first-order valence-electron chi connectivity index (χ1n) is 9.72. The number of methoxy groups -OCH3 is 1. The molecule has 0 radical (unpaired) electrons. The fourth-order valence-electron chi connectivity index (χ4n) is 3.86. The number of rotatable bonds is 6. The summed E-state index contributed by atoms with van der Waals surface area (Å²) in [5, 5.41) is 6.42. The summed E-state index contributed by atoms with van der Waals surface area (Å²) in [7, 11) is 1.66. The van der Waals surface area contributed by atoms with E-state index in [9.17, 15) is 4.79 Å². The molecule has 0 unspecified atom stereocenters. The van der Waals surface area contributed by atoms with E-state index in [1.807, 2.05) is 48.5 Å². The summed E-state index contributed by atoms with van der Waals surface area (Å²) >= 11 is 0. The van der Waals surface area contributed by atoms with Crippen LogP contribution in [0.5, 0.6) is 0 Å². The number of aromatic nitrogens is 2. The fraction of sp³-hybridized carbons (Fsp3) is 0.364. The van der Waals surface area contributed by atoms with Crippen molar-refractivity contribution in [3.63, 3.8) is 0 Å². The van der Waals surface area contributed by atoms with Crippen LogP contribution in [0.2, 0.25) is 0 Å². The molecule has 0 bridgehead atoms. The summed E-state index contributed by atoms with van der Waals surface area (Å²) in [5.74, 6) is 0.933. The lowest BCUT2D eigenvalue weighted by Crippen LogP contribution is -2.49. The monoisotopic (exact) mass is 414 g/mol. The van der Waals surface area contributed by atoms with E-state index in [1.165, 1.54) is 0 Å². The molecule has 0 spiro atoms. The molecule has 3 aromatic rings. The number of piperidine rings is 1. The van der Waals surface area contributed by atoms with Crippen molar-refractivity contribution in [2.45, 2.75) is 19.4 Å². The first kappa shape index (κ1) is 21.3. The van der Waals surface area contributed by atoms with Gasteiger partial charge in [-0.1, -0.05) is 36.4 Å². The van der Waals surface area contributed by atoms with Gasteiger partial charge in [-0.15, -0.1) is 12.4 Å². The third kappa shape index (κ3) is 4.61. The molecule has 2 aromatic carbocycles. The molecule has 4 rings (SSSR count). The smallest absolute Gasteiger partial charge is 0.228 e. The molecule has 0 saturated carbocycles. The van der Waals surface area contributed by atoms with Gasteiger partial charge in [-0.3, -0.25) is 4.79 Å². The van der Waals surface area contributed by atoms with Crippen LogP contribution in [0.3, 0.4) is 0 Å². The van der Waals surface area contributed by atoms with E-state index in [0.717, 1.165) is 53.9 Å². The number of nitrogens with zero attached hydrogens (tertiary/aromatic N) is 1. The van der Waals surface area contributed by atoms with E-state index >= 15 is 0 Å². The zero-order chi connectivity index (χ0) is 19.4. The number of halogens is 1. The molecule has 1 aliphatic heterocycles. The molecule has 1 aliphatic rings. The van der Waals surface area contributed by atoms with Crippen LogP contribution in [0.25, 0.3) is 22.4 Å². The summed E-state index contributed by atoms with van der Waals surface area (Å²) in [5.41, 5.74) is 3.66. The van der Waals surface area contributed by atoms with Gasteiger partial charge in [0.25, 0.3) is 0 Å². The molecule has 1 fully saturated rings. The van der Waals surface area contributed by atoms with Gasteiger partial charge in [0.1, 0.15) is 5.82 Å². The second-order valence-electron chi connectivity index (χ2n) is 7.45. The van der Waals surface area contributed by atoms with Crippen LogP contribution < -0.4 is 10.6 Å². The maximum absolute atomic E-state index is 12.8. The number of hydrogen-bond acceptors (Lipinski definition) is 4. The molecule has 1 amide bonds. The van der Waals surface area contributed by atoms with Crippen molar-refractivity contribution in [3.05, 3.63) is 54.1 Å². The van der Waals surface area contributed by atoms with E-state index < -0.39 is 5.41 Å². The minimum Gasteiger partial charge on any atom is -0.384 e. The van der Waals surface area contributed by atoms with E-state index in [2.05, 4.69) is 20.6 Å². The number of benzene rings is 2. The van der Waals surface area contributed by atoms with Gasteiger partial charge in [-0.25, -0.2) is 4.98 Å². The number of nitrogens with one attached hydrogen (secondary N) is 3. The average molecular weight is 415 g/mol. The molecule has 7 heteroatoms. The van der Waals surface area contributed by atoms with Crippen molar-refractivity contribution < 1.29 is 9.53 Å². The van der Waals surface area contributed by atoms with E-state index in [1.54, 1.807) is 7.11 Å². The Morgan fingerprint density at radius 2 is 1.86 bits per heavy atom. The van der Waals surface area contributed by atoms with E-state index in [-0.39, 0.29) is 18.3 Å². The topological polar surface area (TPSA) is 79.0 Å². The Morgan fingerprint density at radius 1 is 1.14 bits per heavy atom. The van der Waals surface area contributed by atoms with Gasteiger partial charge in [0.05, 0.1) is 23.1 Å². The van der Waals surface area contributed by atoms with Gasteiger partial charge in [0.15, 0.2) is 0 Å². The Balaban J connectivity index is 0.00000240. The maximum atomic E-state index is 12.8. The highest BCUT2D eigenvalue weighted by Crippen LogP contribution is 2.29. The number of carbonyl (C=O) groups is 1. The number of carbonyl (C=O) groups excluding carboxylic acids is 1. The largest absolute Gasteiger partial charge is 0.384 e. The molecule has 1 aromatic heterocycles. The van der Waals surface area contributed by atoms with Crippen LogP contribution in [0.15, 0.2) is 48.5 Å². The van der Waals surface area contributed by atoms with Crippen molar-refractivity contribution >= 4 is 29.3 Å². The molecule has 3 N–H and O–H groups in total. The lowest BCUT2D eigenvalue weighted by molar-refractivity contribution is -0.136. The first-order chi connectivity index (χ1) is 13.7. The third-order valence-electron chi connectivity index (χ3n) is 5.53. The van der Waals surface area contributed by atoms with Gasteiger partial charge in [-0.2, -0.15) is 0 Å². The quantitative estimate of drug-likeness (QED) is 0.578. The molecular weight excluding hydrogens is 388 g/mol. The van der Waals surface area contributed by atoms with Gasteiger partial charge >= 0.3 is 0 Å². The molecule has 2 heterocycles. The minimum atomic E-state index is -0.422. The number of para-hydroxylation sites is 2. The molecule has 29 heavy (non-hydrogen) atoms. The highest BCUT2D eigenvalue weighted by molar-refractivity contribution is 5.85. The predicted molar refractivity (Wildman–Crippen MR) is 117 cm³/mol. The molecular formula is C22H27ClN4O2. The van der Waals surface area contributed by atoms with E-state index in [4.69, 9.17) is 4.74 Å². The van der Waals surface area contributed by atoms with Crippen molar-refractivity contribution in [3.8, 4) is 11.4 Å². The molecule has 154 valence electrons. The van der Waals surface area contributed by atoms with Gasteiger partial charge in [-0.05, 0) is 43.6 Å². The molecule has 0 atom stereocenters. The van der Waals surface area contributed by atoms with Crippen LogP contribution in [-0.2, 0) is 16.1 Å². The fourth-order valence-corrected chi connectivity index (χ4v) is 3.86. The maximum Gasteiger partial charge on any atom is 0.228 e. The first-order valence-corrected chi connectivity index (χ1v) is 9.72. The van der Waals surface area contributed by atoms with Crippen LogP contribution >= 0.6 is 12.4 Å². The van der Waals surface area contributed by atoms with Crippen molar-refractivity contribution in [1.29, 1.82) is 0 Å². The van der Waals surface area contributed by atoms with Gasteiger partial charge in [0.2, 0.25) is 5.91 Å². The lowest BCUT2D eigenvalue weighted by Gasteiger charge is -2.35. The zero-order valence-corrected chi connectivity index (χ0v) is 17.3. The summed E-state index contributed by atoms with van der Waals surface area (Å²) in [4.78, 5) is 20.8. The number of ether oxygens (including phenoxy) is 1. The van der Waals surface area contributed by atoms with Crippen molar-refractivity contribution in [2.75, 3.05) is 26.8 Å². The highest BCUT2D eigenvalue weighted by atomic mass is 35.5. The zero-order valence-electron chi connectivity index (χ0n) is 16.5. The SMILES string of the molecule is COCC1(C(=O)NCc2ccc(-c3nc4ccccc4[nH]3)cc2)CCNCC1.Cl. The van der Waals surface area contributed by atoms with Crippen LogP contribution in [0, 0.1) is 5.41 Å². The van der Waals surface area contributed by atoms with E-state index in [0.29, 0.717) is 13.2 Å². The number of imidazole rings is 1. The lowest BCUT2D eigenvalue weighted by atomic mass is 9.78. The second kappa shape index (κ2) is 9.39. The number of H-pyrrole nitrogens is 1. The third-order valence-corrected chi connectivity index (χ3v) is 5.53.